The van der Waals surface area contributed by atoms with Gasteiger partial charge >= 0.3 is 5.97 Å². The number of phenols is 1. The van der Waals surface area contributed by atoms with E-state index < -0.39 is 5.97 Å². The van der Waals surface area contributed by atoms with Crippen LogP contribution in [-0.2, 0) is 0 Å². The number of carboxylic acids is 1. The molecule has 0 amide bonds. The Morgan fingerprint density at radius 3 is 2.79 bits per heavy atom. The molecular formula is C9H5BrO3S. The number of carboxylic acid groups (broad SMARTS) is 1. The minimum absolute atomic E-state index is 0.0238. The fourth-order valence-electron chi connectivity index (χ4n) is 1.28. The first-order chi connectivity index (χ1) is 6.59. The highest BCUT2D eigenvalue weighted by atomic mass is 79.9. The van der Waals surface area contributed by atoms with Crippen LogP contribution in [0.1, 0.15) is 10.4 Å². The van der Waals surface area contributed by atoms with Gasteiger partial charge in [-0.1, -0.05) is 0 Å². The molecule has 14 heavy (non-hydrogen) atoms. The summed E-state index contributed by atoms with van der Waals surface area (Å²) in [6.45, 7) is 0. The lowest BCUT2D eigenvalue weighted by molar-refractivity contribution is 0.0698. The summed E-state index contributed by atoms with van der Waals surface area (Å²) in [7, 11) is 0. The minimum Gasteiger partial charge on any atom is -0.508 e. The molecule has 0 bridgehead atoms. The highest BCUT2D eigenvalue weighted by molar-refractivity contribution is 9.10. The van der Waals surface area contributed by atoms with Gasteiger partial charge in [0.1, 0.15) is 5.75 Å². The van der Waals surface area contributed by atoms with E-state index in [1.807, 2.05) is 0 Å². The number of fused-ring (bicyclic) bond motifs is 1. The second kappa shape index (κ2) is 3.25. The molecule has 0 radical (unpaired) electrons. The number of halogens is 1. The van der Waals surface area contributed by atoms with Crippen LogP contribution in [0.15, 0.2) is 22.0 Å². The van der Waals surface area contributed by atoms with Crippen LogP contribution in [0, 0.1) is 0 Å². The predicted molar refractivity (Wildman–Crippen MR) is 58.1 cm³/mol. The van der Waals surface area contributed by atoms with Gasteiger partial charge in [-0.2, -0.15) is 0 Å². The second-order valence-electron chi connectivity index (χ2n) is 2.76. The summed E-state index contributed by atoms with van der Waals surface area (Å²) in [5, 5.41) is 20.7. The maximum Gasteiger partial charge on any atom is 0.336 e. The van der Waals surface area contributed by atoms with Gasteiger partial charge in [0.15, 0.2) is 0 Å². The Hall–Kier alpha value is -1.07. The molecule has 1 heterocycles. The van der Waals surface area contributed by atoms with Gasteiger partial charge in [-0.05, 0) is 28.1 Å². The van der Waals surface area contributed by atoms with Gasteiger partial charge in [-0.3, -0.25) is 0 Å². The number of hydrogen-bond donors (Lipinski definition) is 2. The van der Waals surface area contributed by atoms with E-state index >= 15 is 0 Å². The third-order valence-electron chi connectivity index (χ3n) is 1.85. The maximum absolute atomic E-state index is 10.9. The number of aromatic hydroxyl groups is 1. The smallest absolute Gasteiger partial charge is 0.336 e. The number of rotatable bonds is 1. The molecule has 0 unspecified atom stereocenters. The average Bonchev–Trinajstić information content (AvgIpc) is 2.46. The van der Waals surface area contributed by atoms with E-state index in [1.54, 1.807) is 11.4 Å². The zero-order valence-corrected chi connectivity index (χ0v) is 9.22. The molecule has 0 saturated heterocycles. The normalized spacial score (nSPS) is 10.6. The lowest BCUT2D eigenvalue weighted by Crippen LogP contribution is -1.96. The van der Waals surface area contributed by atoms with Crippen LogP contribution in [0.3, 0.4) is 0 Å². The van der Waals surface area contributed by atoms with E-state index in [0.717, 1.165) is 9.17 Å². The van der Waals surface area contributed by atoms with Gasteiger partial charge in [-0.25, -0.2) is 4.79 Å². The van der Waals surface area contributed by atoms with Gasteiger partial charge in [0.05, 0.1) is 5.56 Å². The number of phenolic OH excluding ortho intramolecular Hbond substituents is 1. The third-order valence-corrected chi connectivity index (χ3v) is 3.70. The lowest BCUT2D eigenvalue weighted by Gasteiger charge is -1.99. The Kier molecular flexibility index (Phi) is 2.20. The zero-order valence-electron chi connectivity index (χ0n) is 6.82. The standard InChI is InChI=1S/C9H5BrO3S/c10-6-3-14-7-2-4(11)1-5(8(6)7)9(12)13/h1-3,11H,(H,12,13). The summed E-state index contributed by atoms with van der Waals surface area (Å²) in [5.74, 6) is -1.06. The van der Waals surface area contributed by atoms with Gasteiger partial charge in [0.25, 0.3) is 0 Å². The molecule has 1 aromatic heterocycles. The van der Waals surface area contributed by atoms with Crippen LogP contribution in [0.4, 0.5) is 0 Å². The minimum atomic E-state index is -1.04. The molecule has 0 atom stereocenters. The molecule has 0 saturated carbocycles. The first kappa shape index (κ1) is 9.48. The summed E-state index contributed by atoms with van der Waals surface area (Å²) in [6.07, 6.45) is 0. The monoisotopic (exact) mass is 272 g/mol. The Morgan fingerprint density at radius 2 is 2.14 bits per heavy atom. The van der Waals surface area contributed by atoms with Crippen molar-refractivity contribution in [3.8, 4) is 5.75 Å². The van der Waals surface area contributed by atoms with Gasteiger partial charge in [-0.15, -0.1) is 11.3 Å². The Bertz CT molecular complexity index is 518. The first-order valence-corrected chi connectivity index (χ1v) is 5.40. The average molecular weight is 273 g/mol. The Balaban J connectivity index is 2.90. The Labute approximate surface area is 91.7 Å². The van der Waals surface area contributed by atoms with Crippen LogP contribution < -0.4 is 0 Å². The van der Waals surface area contributed by atoms with Crippen LogP contribution in [0.25, 0.3) is 10.1 Å². The van der Waals surface area contributed by atoms with Crippen molar-refractivity contribution in [1.82, 2.24) is 0 Å². The van der Waals surface area contributed by atoms with Crippen molar-refractivity contribution in [2.75, 3.05) is 0 Å². The lowest BCUT2D eigenvalue weighted by atomic mass is 10.1. The zero-order chi connectivity index (χ0) is 10.3. The van der Waals surface area contributed by atoms with Gasteiger partial charge in [0.2, 0.25) is 0 Å². The molecule has 0 aliphatic rings. The topological polar surface area (TPSA) is 57.5 Å². The van der Waals surface area contributed by atoms with Crippen LogP contribution in [-0.4, -0.2) is 16.2 Å². The molecule has 0 aliphatic carbocycles. The fourth-order valence-corrected chi connectivity index (χ4v) is 3.00. The molecule has 5 heteroatoms. The molecule has 0 spiro atoms. The highest BCUT2D eigenvalue weighted by Gasteiger charge is 2.14. The quantitative estimate of drug-likeness (QED) is 0.839. The van der Waals surface area contributed by atoms with Gasteiger partial charge in [0, 0.05) is 19.9 Å². The van der Waals surface area contributed by atoms with E-state index in [1.165, 1.54) is 17.4 Å². The molecule has 2 rings (SSSR count). The van der Waals surface area contributed by atoms with Crippen LogP contribution >= 0.6 is 27.3 Å². The summed E-state index contributed by atoms with van der Waals surface area (Å²) in [6, 6.07) is 2.80. The van der Waals surface area contributed by atoms with E-state index in [0.29, 0.717) is 5.39 Å². The number of carbonyl (C=O) groups is 1. The number of thiophene rings is 1. The largest absolute Gasteiger partial charge is 0.508 e. The van der Waals surface area contributed by atoms with Crippen LogP contribution in [0.2, 0.25) is 0 Å². The molecule has 3 nitrogen and oxygen atoms in total. The third kappa shape index (κ3) is 1.38. The van der Waals surface area contributed by atoms with E-state index in [9.17, 15) is 9.90 Å². The predicted octanol–water partition coefficient (Wildman–Crippen LogP) is 3.07. The molecule has 1 aromatic carbocycles. The van der Waals surface area contributed by atoms with Gasteiger partial charge < -0.3 is 10.2 Å². The van der Waals surface area contributed by atoms with Crippen molar-refractivity contribution in [1.29, 1.82) is 0 Å². The highest BCUT2D eigenvalue weighted by Crippen LogP contribution is 2.35. The van der Waals surface area contributed by atoms with E-state index in [2.05, 4.69) is 15.9 Å². The molecule has 2 N–H and O–H groups in total. The molecule has 0 fully saturated rings. The molecular weight excluding hydrogens is 268 g/mol. The summed E-state index contributed by atoms with van der Waals surface area (Å²) < 4.78 is 1.50. The van der Waals surface area contributed by atoms with Crippen molar-refractivity contribution in [2.45, 2.75) is 0 Å². The number of hydrogen-bond acceptors (Lipinski definition) is 3. The second-order valence-corrected chi connectivity index (χ2v) is 4.52. The molecule has 0 aliphatic heterocycles. The summed E-state index contributed by atoms with van der Waals surface area (Å²) >= 11 is 4.67. The Morgan fingerprint density at radius 1 is 1.43 bits per heavy atom. The van der Waals surface area contributed by atoms with E-state index in [-0.39, 0.29) is 11.3 Å². The molecule has 2 aromatic rings. The number of aromatic carboxylic acids is 1. The first-order valence-electron chi connectivity index (χ1n) is 3.72. The fraction of sp³-hybridized carbons (Fsp3) is 0. The van der Waals surface area contributed by atoms with Crippen molar-refractivity contribution in [2.24, 2.45) is 0 Å². The molecule has 72 valence electrons. The van der Waals surface area contributed by atoms with Crippen molar-refractivity contribution in [3.05, 3.63) is 27.5 Å². The van der Waals surface area contributed by atoms with Crippen molar-refractivity contribution in [3.63, 3.8) is 0 Å². The summed E-state index contributed by atoms with van der Waals surface area (Å²) in [4.78, 5) is 10.9. The van der Waals surface area contributed by atoms with Crippen molar-refractivity contribution < 1.29 is 15.0 Å². The van der Waals surface area contributed by atoms with Crippen molar-refractivity contribution >= 4 is 43.3 Å². The number of benzene rings is 1. The van der Waals surface area contributed by atoms with E-state index in [4.69, 9.17) is 5.11 Å². The SMILES string of the molecule is O=C(O)c1cc(O)cc2scc(Br)c12. The maximum atomic E-state index is 10.9. The summed E-state index contributed by atoms with van der Waals surface area (Å²) in [5.41, 5.74) is 0.119. The van der Waals surface area contributed by atoms with Crippen LogP contribution in [0.5, 0.6) is 5.75 Å².